The standard InChI is InChI=1S/C14H17N3/c1-10-3-4-12(11(2)9-10)13-5-7-17-8-6-15-14(17)16-13/h3-4,6,8-9,13H,5,7H2,1-2H3,(H,15,16). The molecule has 3 nitrogen and oxygen atoms in total. The fourth-order valence-corrected chi connectivity index (χ4v) is 2.58. The number of rotatable bonds is 1. The maximum absolute atomic E-state index is 4.33. The second kappa shape index (κ2) is 3.91. The molecule has 1 atom stereocenters. The number of nitrogens with one attached hydrogen (secondary N) is 1. The van der Waals surface area contributed by atoms with Gasteiger partial charge in [-0.2, -0.15) is 0 Å². The van der Waals surface area contributed by atoms with Gasteiger partial charge in [-0.05, 0) is 31.4 Å². The van der Waals surface area contributed by atoms with Gasteiger partial charge >= 0.3 is 0 Å². The summed E-state index contributed by atoms with van der Waals surface area (Å²) >= 11 is 0. The van der Waals surface area contributed by atoms with Crippen LogP contribution >= 0.6 is 0 Å². The highest BCUT2D eigenvalue weighted by Gasteiger charge is 2.20. The van der Waals surface area contributed by atoms with Gasteiger partial charge in [0.25, 0.3) is 0 Å². The van der Waals surface area contributed by atoms with Crippen LogP contribution in [0.3, 0.4) is 0 Å². The summed E-state index contributed by atoms with van der Waals surface area (Å²) in [7, 11) is 0. The highest BCUT2D eigenvalue weighted by Crippen LogP contribution is 2.29. The minimum absolute atomic E-state index is 0.394. The molecule has 2 heterocycles. The molecular weight excluding hydrogens is 210 g/mol. The third-order valence-corrected chi connectivity index (χ3v) is 3.48. The first-order valence-electron chi connectivity index (χ1n) is 6.09. The van der Waals surface area contributed by atoms with Gasteiger partial charge in [-0.1, -0.05) is 23.8 Å². The summed E-state index contributed by atoms with van der Waals surface area (Å²) in [6, 6.07) is 7.06. The Morgan fingerprint density at radius 1 is 1.35 bits per heavy atom. The summed E-state index contributed by atoms with van der Waals surface area (Å²) in [6.07, 6.45) is 5.00. The largest absolute Gasteiger partial charge is 0.349 e. The zero-order chi connectivity index (χ0) is 11.8. The molecule has 0 bridgehead atoms. The molecule has 0 saturated heterocycles. The lowest BCUT2D eigenvalue weighted by atomic mass is 9.96. The molecule has 0 fully saturated rings. The molecule has 1 aliphatic heterocycles. The van der Waals surface area contributed by atoms with E-state index in [1.807, 2.05) is 12.4 Å². The molecule has 17 heavy (non-hydrogen) atoms. The molecule has 0 saturated carbocycles. The number of aromatic nitrogens is 2. The van der Waals surface area contributed by atoms with Crippen LogP contribution in [-0.2, 0) is 6.54 Å². The van der Waals surface area contributed by atoms with E-state index in [1.54, 1.807) is 0 Å². The Morgan fingerprint density at radius 2 is 2.24 bits per heavy atom. The average Bonchev–Trinajstić information content (AvgIpc) is 2.75. The van der Waals surface area contributed by atoms with Crippen LogP contribution < -0.4 is 5.32 Å². The molecule has 3 heteroatoms. The summed E-state index contributed by atoms with van der Waals surface area (Å²) in [5.74, 6) is 0.987. The predicted octanol–water partition coefficient (Wildman–Crippen LogP) is 3.06. The summed E-state index contributed by atoms with van der Waals surface area (Å²) in [6.45, 7) is 5.36. The highest BCUT2D eigenvalue weighted by molar-refractivity contribution is 5.40. The molecule has 2 aromatic rings. The monoisotopic (exact) mass is 227 g/mol. The van der Waals surface area contributed by atoms with Gasteiger partial charge in [-0.15, -0.1) is 0 Å². The van der Waals surface area contributed by atoms with E-state index in [-0.39, 0.29) is 0 Å². The number of benzene rings is 1. The third kappa shape index (κ3) is 1.82. The van der Waals surface area contributed by atoms with Crippen molar-refractivity contribution >= 4 is 5.95 Å². The first kappa shape index (κ1) is 10.4. The Bertz CT molecular complexity index is 542. The molecule has 3 rings (SSSR count). The van der Waals surface area contributed by atoms with Crippen molar-refractivity contribution in [1.29, 1.82) is 0 Å². The zero-order valence-electron chi connectivity index (χ0n) is 10.3. The van der Waals surface area contributed by atoms with Gasteiger partial charge in [0.2, 0.25) is 5.95 Å². The van der Waals surface area contributed by atoms with E-state index < -0.39 is 0 Å². The van der Waals surface area contributed by atoms with Crippen molar-refractivity contribution < 1.29 is 0 Å². The SMILES string of the molecule is Cc1ccc(C2CCn3ccnc3N2)c(C)c1. The van der Waals surface area contributed by atoms with Crippen molar-refractivity contribution in [3.8, 4) is 0 Å². The van der Waals surface area contributed by atoms with E-state index >= 15 is 0 Å². The van der Waals surface area contributed by atoms with E-state index in [0.717, 1.165) is 18.9 Å². The second-order valence-corrected chi connectivity index (χ2v) is 4.79. The Morgan fingerprint density at radius 3 is 3.06 bits per heavy atom. The quantitative estimate of drug-likeness (QED) is 0.811. The van der Waals surface area contributed by atoms with Crippen LogP contribution in [0.1, 0.15) is 29.2 Å². The smallest absolute Gasteiger partial charge is 0.203 e. The van der Waals surface area contributed by atoms with Crippen molar-refractivity contribution in [3.63, 3.8) is 0 Å². The third-order valence-electron chi connectivity index (χ3n) is 3.48. The zero-order valence-corrected chi connectivity index (χ0v) is 10.3. The molecule has 88 valence electrons. The van der Waals surface area contributed by atoms with Gasteiger partial charge in [0.15, 0.2) is 0 Å². The van der Waals surface area contributed by atoms with Gasteiger partial charge in [0, 0.05) is 18.9 Å². The molecule has 1 N–H and O–H groups in total. The second-order valence-electron chi connectivity index (χ2n) is 4.79. The van der Waals surface area contributed by atoms with E-state index in [4.69, 9.17) is 0 Å². The maximum atomic E-state index is 4.33. The molecule has 0 radical (unpaired) electrons. The number of anilines is 1. The Hall–Kier alpha value is -1.77. The molecule has 1 aromatic heterocycles. The van der Waals surface area contributed by atoms with Gasteiger partial charge in [-0.3, -0.25) is 0 Å². The van der Waals surface area contributed by atoms with Crippen LogP contribution in [0, 0.1) is 13.8 Å². The number of hydrogen-bond donors (Lipinski definition) is 1. The van der Waals surface area contributed by atoms with Gasteiger partial charge in [0.1, 0.15) is 0 Å². The number of fused-ring (bicyclic) bond motifs is 1. The molecular formula is C14H17N3. The van der Waals surface area contributed by atoms with Crippen LogP contribution in [0.25, 0.3) is 0 Å². The molecule has 0 spiro atoms. The Balaban J connectivity index is 1.91. The number of aryl methyl sites for hydroxylation is 3. The van der Waals surface area contributed by atoms with Crippen LogP contribution in [0.5, 0.6) is 0 Å². The number of nitrogens with zero attached hydrogens (tertiary/aromatic N) is 2. The number of hydrogen-bond acceptors (Lipinski definition) is 2. The predicted molar refractivity (Wildman–Crippen MR) is 69.1 cm³/mol. The van der Waals surface area contributed by atoms with Gasteiger partial charge in [0.05, 0.1) is 6.04 Å². The molecule has 0 aliphatic carbocycles. The molecule has 1 aromatic carbocycles. The van der Waals surface area contributed by atoms with Crippen molar-refractivity contribution in [2.45, 2.75) is 32.9 Å². The minimum atomic E-state index is 0.394. The van der Waals surface area contributed by atoms with Crippen LogP contribution in [0.15, 0.2) is 30.6 Å². The topological polar surface area (TPSA) is 29.9 Å². The van der Waals surface area contributed by atoms with Crippen molar-refractivity contribution in [3.05, 3.63) is 47.3 Å². The molecule has 1 unspecified atom stereocenters. The number of imidazole rings is 1. The first-order chi connectivity index (χ1) is 8.24. The fraction of sp³-hybridized carbons (Fsp3) is 0.357. The Kier molecular flexibility index (Phi) is 2.39. The van der Waals surface area contributed by atoms with Crippen molar-refractivity contribution in [2.24, 2.45) is 0 Å². The van der Waals surface area contributed by atoms with Gasteiger partial charge in [-0.25, -0.2) is 4.98 Å². The highest BCUT2D eigenvalue weighted by atomic mass is 15.2. The lowest BCUT2D eigenvalue weighted by Crippen LogP contribution is -2.22. The van der Waals surface area contributed by atoms with E-state index in [1.165, 1.54) is 16.7 Å². The minimum Gasteiger partial charge on any atom is -0.349 e. The van der Waals surface area contributed by atoms with E-state index in [0.29, 0.717) is 6.04 Å². The summed E-state index contributed by atoms with van der Waals surface area (Å²) < 4.78 is 2.17. The van der Waals surface area contributed by atoms with Crippen LogP contribution in [-0.4, -0.2) is 9.55 Å². The summed E-state index contributed by atoms with van der Waals surface area (Å²) in [5.41, 5.74) is 4.08. The average molecular weight is 227 g/mol. The maximum Gasteiger partial charge on any atom is 0.203 e. The van der Waals surface area contributed by atoms with E-state index in [2.05, 4.69) is 46.9 Å². The normalized spacial score (nSPS) is 18.6. The lowest BCUT2D eigenvalue weighted by Gasteiger charge is -2.27. The molecule has 1 aliphatic rings. The lowest BCUT2D eigenvalue weighted by molar-refractivity contribution is 0.541. The molecule has 0 amide bonds. The van der Waals surface area contributed by atoms with Crippen molar-refractivity contribution in [1.82, 2.24) is 9.55 Å². The van der Waals surface area contributed by atoms with Gasteiger partial charge < -0.3 is 9.88 Å². The first-order valence-corrected chi connectivity index (χ1v) is 6.09. The fourth-order valence-electron chi connectivity index (χ4n) is 2.58. The van der Waals surface area contributed by atoms with E-state index in [9.17, 15) is 0 Å². The summed E-state index contributed by atoms with van der Waals surface area (Å²) in [4.78, 5) is 4.33. The van der Waals surface area contributed by atoms with Crippen LogP contribution in [0.4, 0.5) is 5.95 Å². The van der Waals surface area contributed by atoms with Crippen molar-refractivity contribution in [2.75, 3.05) is 5.32 Å². The summed E-state index contributed by atoms with van der Waals surface area (Å²) in [5, 5.41) is 3.51. The van der Waals surface area contributed by atoms with Crippen LogP contribution in [0.2, 0.25) is 0 Å². The Labute approximate surface area is 101 Å².